The van der Waals surface area contributed by atoms with Crippen LogP contribution in [-0.2, 0) is 4.79 Å². The van der Waals surface area contributed by atoms with Crippen molar-refractivity contribution < 1.29 is 23.5 Å². The largest absolute Gasteiger partial charge is 0.480 e. The van der Waals surface area contributed by atoms with Crippen molar-refractivity contribution in [3.05, 3.63) is 35.4 Å². The van der Waals surface area contributed by atoms with Crippen LogP contribution in [0.5, 0.6) is 0 Å². The second kappa shape index (κ2) is 7.33. The number of hydrogen-bond donors (Lipinski definition) is 2. The van der Waals surface area contributed by atoms with Crippen LogP contribution in [0.3, 0.4) is 0 Å². The standard InChI is InChI=1S/C16H21F2NO3/c1-16(2,3)8-7-12(15(21)22)19-14(20)11-6-4-5-10(9-11)13(17)18/h4-6,9,12-13H,7-8H2,1-3H3,(H,19,20)(H,21,22). The lowest BCUT2D eigenvalue weighted by Gasteiger charge is -2.21. The molecule has 0 fully saturated rings. The Balaban J connectivity index is 2.79. The van der Waals surface area contributed by atoms with E-state index in [1.165, 1.54) is 18.2 Å². The minimum absolute atomic E-state index is 0.0276. The van der Waals surface area contributed by atoms with Crippen molar-refractivity contribution in [1.82, 2.24) is 5.32 Å². The zero-order valence-electron chi connectivity index (χ0n) is 12.9. The van der Waals surface area contributed by atoms with Crippen LogP contribution in [0.1, 0.15) is 56.0 Å². The van der Waals surface area contributed by atoms with Gasteiger partial charge in [-0.25, -0.2) is 13.6 Å². The van der Waals surface area contributed by atoms with Crippen molar-refractivity contribution in [3.63, 3.8) is 0 Å². The number of halogens is 2. The topological polar surface area (TPSA) is 66.4 Å². The molecule has 1 aromatic carbocycles. The predicted molar refractivity (Wildman–Crippen MR) is 79.0 cm³/mol. The molecule has 1 unspecified atom stereocenters. The fourth-order valence-electron chi connectivity index (χ4n) is 1.89. The predicted octanol–water partition coefficient (Wildman–Crippen LogP) is 3.63. The third-order valence-corrected chi connectivity index (χ3v) is 3.19. The molecule has 22 heavy (non-hydrogen) atoms. The second-order valence-corrected chi connectivity index (χ2v) is 6.39. The summed E-state index contributed by atoms with van der Waals surface area (Å²) in [5, 5.41) is 11.6. The van der Waals surface area contributed by atoms with E-state index in [-0.39, 0.29) is 23.0 Å². The number of nitrogens with one attached hydrogen (secondary N) is 1. The zero-order valence-corrected chi connectivity index (χ0v) is 12.9. The fraction of sp³-hybridized carbons (Fsp3) is 0.500. The summed E-state index contributed by atoms with van der Waals surface area (Å²) in [6.07, 6.45) is -1.79. The first-order chi connectivity index (χ1) is 10.1. The maximum atomic E-state index is 12.6. The summed E-state index contributed by atoms with van der Waals surface area (Å²) < 4.78 is 25.3. The molecule has 1 aromatic rings. The lowest BCUT2D eigenvalue weighted by molar-refractivity contribution is -0.139. The van der Waals surface area contributed by atoms with Gasteiger partial charge >= 0.3 is 5.97 Å². The number of rotatable bonds is 6. The summed E-state index contributed by atoms with van der Waals surface area (Å²) in [6.45, 7) is 5.92. The van der Waals surface area contributed by atoms with Gasteiger partial charge in [-0.3, -0.25) is 4.79 Å². The summed E-state index contributed by atoms with van der Waals surface area (Å²) >= 11 is 0. The Morgan fingerprint density at radius 3 is 2.41 bits per heavy atom. The van der Waals surface area contributed by atoms with Crippen LogP contribution < -0.4 is 5.32 Å². The average molecular weight is 313 g/mol. The number of carboxylic acids is 1. The van der Waals surface area contributed by atoms with Crippen molar-refractivity contribution >= 4 is 11.9 Å². The first-order valence-electron chi connectivity index (χ1n) is 7.02. The molecule has 0 bridgehead atoms. The van der Waals surface area contributed by atoms with Crippen molar-refractivity contribution in [2.45, 2.75) is 46.1 Å². The minimum Gasteiger partial charge on any atom is -0.480 e. The van der Waals surface area contributed by atoms with E-state index in [0.29, 0.717) is 6.42 Å². The molecule has 4 nitrogen and oxygen atoms in total. The fourth-order valence-corrected chi connectivity index (χ4v) is 1.89. The van der Waals surface area contributed by atoms with Gasteiger partial charge in [-0.15, -0.1) is 0 Å². The maximum Gasteiger partial charge on any atom is 0.326 e. The van der Waals surface area contributed by atoms with Crippen LogP contribution in [0.2, 0.25) is 0 Å². The highest BCUT2D eigenvalue weighted by Crippen LogP contribution is 2.22. The number of carbonyl (C=O) groups is 2. The lowest BCUT2D eigenvalue weighted by Crippen LogP contribution is -2.41. The molecule has 1 amide bonds. The van der Waals surface area contributed by atoms with Gasteiger partial charge in [0.25, 0.3) is 12.3 Å². The normalized spacial score (nSPS) is 13.0. The zero-order chi connectivity index (χ0) is 16.9. The molecule has 0 aliphatic carbocycles. The molecular weight excluding hydrogens is 292 g/mol. The molecule has 0 radical (unpaired) electrons. The number of amides is 1. The van der Waals surface area contributed by atoms with E-state index < -0.39 is 24.3 Å². The van der Waals surface area contributed by atoms with Gasteiger partial charge in [-0.1, -0.05) is 32.9 Å². The minimum atomic E-state index is -2.68. The molecular formula is C16H21F2NO3. The number of alkyl halides is 2. The summed E-state index contributed by atoms with van der Waals surface area (Å²) in [6, 6.07) is 3.98. The summed E-state index contributed by atoms with van der Waals surface area (Å²) in [5.41, 5.74) is -0.303. The van der Waals surface area contributed by atoms with Gasteiger partial charge in [-0.05, 0) is 30.4 Å². The van der Waals surface area contributed by atoms with Crippen LogP contribution in [0.25, 0.3) is 0 Å². The average Bonchev–Trinajstić information content (AvgIpc) is 2.41. The molecule has 0 aliphatic rings. The highest BCUT2D eigenvalue weighted by molar-refractivity contribution is 5.96. The van der Waals surface area contributed by atoms with Crippen molar-refractivity contribution in [3.8, 4) is 0 Å². The van der Waals surface area contributed by atoms with Gasteiger partial charge in [-0.2, -0.15) is 0 Å². The van der Waals surface area contributed by atoms with Gasteiger partial charge in [0.15, 0.2) is 0 Å². The molecule has 0 aromatic heterocycles. The molecule has 0 spiro atoms. The van der Waals surface area contributed by atoms with Crippen molar-refractivity contribution in [1.29, 1.82) is 0 Å². The molecule has 0 aliphatic heterocycles. The molecule has 1 rings (SSSR count). The third-order valence-electron chi connectivity index (χ3n) is 3.19. The van der Waals surface area contributed by atoms with Gasteiger partial charge in [0, 0.05) is 11.1 Å². The second-order valence-electron chi connectivity index (χ2n) is 6.39. The van der Waals surface area contributed by atoms with E-state index in [0.717, 1.165) is 6.07 Å². The van der Waals surface area contributed by atoms with Gasteiger partial charge in [0.2, 0.25) is 0 Å². The van der Waals surface area contributed by atoms with Gasteiger partial charge < -0.3 is 10.4 Å². The molecule has 0 heterocycles. The number of hydrogen-bond acceptors (Lipinski definition) is 2. The summed E-state index contributed by atoms with van der Waals surface area (Å²) in [5.74, 6) is -1.80. The van der Waals surface area contributed by atoms with E-state index in [2.05, 4.69) is 5.32 Å². The molecule has 1 atom stereocenters. The van der Waals surface area contributed by atoms with E-state index in [9.17, 15) is 23.5 Å². The van der Waals surface area contributed by atoms with Crippen LogP contribution >= 0.6 is 0 Å². The highest BCUT2D eigenvalue weighted by atomic mass is 19.3. The number of carbonyl (C=O) groups excluding carboxylic acids is 1. The molecule has 2 N–H and O–H groups in total. The van der Waals surface area contributed by atoms with Crippen LogP contribution in [0, 0.1) is 5.41 Å². The number of benzene rings is 1. The molecule has 0 saturated carbocycles. The Labute approximate surface area is 128 Å². The Morgan fingerprint density at radius 2 is 1.91 bits per heavy atom. The first kappa shape index (κ1) is 18.1. The van der Waals surface area contributed by atoms with Gasteiger partial charge in [0.05, 0.1) is 0 Å². The van der Waals surface area contributed by atoms with Crippen LogP contribution in [0.15, 0.2) is 24.3 Å². The Hall–Kier alpha value is -1.98. The van der Waals surface area contributed by atoms with Crippen LogP contribution in [-0.4, -0.2) is 23.0 Å². The third kappa shape index (κ3) is 5.79. The SMILES string of the molecule is CC(C)(C)CCC(NC(=O)c1cccc(C(F)F)c1)C(=O)O. The highest BCUT2D eigenvalue weighted by Gasteiger charge is 2.23. The number of carboxylic acid groups (broad SMARTS) is 1. The maximum absolute atomic E-state index is 12.6. The van der Waals surface area contributed by atoms with Crippen LogP contribution in [0.4, 0.5) is 8.78 Å². The summed E-state index contributed by atoms with van der Waals surface area (Å²) in [7, 11) is 0. The Kier molecular flexibility index (Phi) is 6.02. The van der Waals surface area contributed by atoms with E-state index >= 15 is 0 Å². The van der Waals surface area contributed by atoms with E-state index in [4.69, 9.17) is 0 Å². The smallest absolute Gasteiger partial charge is 0.326 e. The molecule has 6 heteroatoms. The monoisotopic (exact) mass is 313 g/mol. The lowest BCUT2D eigenvalue weighted by atomic mass is 9.88. The molecule has 122 valence electrons. The first-order valence-corrected chi connectivity index (χ1v) is 7.02. The van der Waals surface area contributed by atoms with E-state index in [1.54, 1.807) is 0 Å². The summed E-state index contributed by atoms with van der Waals surface area (Å²) in [4.78, 5) is 23.3. The number of aliphatic carboxylic acids is 1. The molecule has 0 saturated heterocycles. The van der Waals surface area contributed by atoms with Crippen molar-refractivity contribution in [2.24, 2.45) is 5.41 Å². The quantitative estimate of drug-likeness (QED) is 0.842. The Morgan fingerprint density at radius 1 is 1.27 bits per heavy atom. The van der Waals surface area contributed by atoms with E-state index in [1.807, 2.05) is 20.8 Å². The van der Waals surface area contributed by atoms with Crippen molar-refractivity contribution in [2.75, 3.05) is 0 Å². The Bertz CT molecular complexity index is 538. The van der Waals surface area contributed by atoms with Gasteiger partial charge in [0.1, 0.15) is 6.04 Å².